The van der Waals surface area contributed by atoms with Gasteiger partial charge in [0.25, 0.3) is 5.56 Å². The van der Waals surface area contributed by atoms with Crippen molar-refractivity contribution in [2.75, 3.05) is 46.4 Å². The molecule has 1 amide bonds. The first-order chi connectivity index (χ1) is 16.8. The first kappa shape index (κ1) is 24.1. The Morgan fingerprint density at radius 2 is 1.97 bits per heavy atom. The van der Waals surface area contributed by atoms with Gasteiger partial charge >= 0.3 is 5.97 Å². The zero-order valence-electron chi connectivity index (χ0n) is 21.2. The molecule has 3 heterocycles. The predicted octanol–water partition coefficient (Wildman–Crippen LogP) is 2.49. The van der Waals surface area contributed by atoms with Gasteiger partial charge in [0.1, 0.15) is 17.9 Å². The summed E-state index contributed by atoms with van der Waals surface area (Å²) >= 11 is 0. The number of amides is 1. The Kier molecular flexibility index (Phi) is 6.51. The van der Waals surface area contributed by atoms with Gasteiger partial charge in [0, 0.05) is 57.3 Å². The number of pyridine rings is 1. The molecule has 0 unspecified atom stereocenters. The van der Waals surface area contributed by atoms with E-state index >= 15 is 0 Å². The molecular formula is C27H37N3O5. The van der Waals surface area contributed by atoms with E-state index in [4.69, 9.17) is 9.47 Å². The van der Waals surface area contributed by atoms with Gasteiger partial charge in [-0.25, -0.2) is 4.79 Å². The lowest BCUT2D eigenvalue weighted by molar-refractivity contribution is -0.128. The van der Waals surface area contributed by atoms with Gasteiger partial charge in [-0.2, -0.15) is 0 Å². The van der Waals surface area contributed by atoms with E-state index < -0.39 is 5.97 Å². The maximum Gasteiger partial charge on any atom is 0.343 e. The van der Waals surface area contributed by atoms with Crippen LogP contribution in [0.15, 0.2) is 22.5 Å². The van der Waals surface area contributed by atoms with Crippen LogP contribution in [0.1, 0.15) is 55.6 Å². The fraction of sp³-hybridized carbons (Fsp3) is 0.667. The molecule has 8 heteroatoms. The number of hydrogen-bond acceptors (Lipinski definition) is 6. The van der Waals surface area contributed by atoms with Crippen LogP contribution in [-0.4, -0.2) is 72.7 Å². The molecule has 2 fully saturated rings. The molecule has 35 heavy (non-hydrogen) atoms. The van der Waals surface area contributed by atoms with Crippen molar-refractivity contribution in [3.8, 4) is 5.75 Å². The van der Waals surface area contributed by atoms with Crippen LogP contribution in [0, 0.1) is 17.3 Å². The van der Waals surface area contributed by atoms with Crippen molar-refractivity contribution in [1.29, 1.82) is 0 Å². The molecule has 5 aliphatic rings. The number of likely N-dealkylation sites (tertiary alicyclic amines) is 1. The Labute approximate surface area is 206 Å². The van der Waals surface area contributed by atoms with E-state index in [0.717, 1.165) is 38.5 Å². The van der Waals surface area contributed by atoms with Gasteiger partial charge in [0.15, 0.2) is 0 Å². The third-order valence-corrected chi connectivity index (χ3v) is 8.85. The van der Waals surface area contributed by atoms with Crippen LogP contribution >= 0.6 is 0 Å². The molecule has 0 spiro atoms. The number of carbonyl (C=O) groups excluding carboxylic acids is 2. The van der Waals surface area contributed by atoms with Gasteiger partial charge in [-0.3, -0.25) is 14.5 Å². The lowest BCUT2D eigenvalue weighted by atomic mass is 9.49. The van der Waals surface area contributed by atoms with Crippen LogP contribution in [-0.2, 0) is 22.5 Å². The minimum absolute atomic E-state index is 0.123. The highest BCUT2D eigenvalue weighted by Gasteiger charge is 2.51. The molecule has 2 atom stereocenters. The normalized spacial score (nSPS) is 25.4. The summed E-state index contributed by atoms with van der Waals surface area (Å²) in [6, 6.07) is 1.40. The standard InChI is InChI=1S/C27H37N3O5/c1-27(2)19-7-6-18(20(27)15-19)17-28-10-8-21-25(26(33)34-3)22(16-24(32)30(21)12-11-28)35-14-13-29-9-4-5-23(29)31/h6,16,19-20H,4-5,7-15,17H2,1-3H3/t19-,20-/m0/s1. The maximum atomic E-state index is 13.0. The highest BCUT2D eigenvalue weighted by atomic mass is 16.5. The zero-order chi connectivity index (χ0) is 24.7. The van der Waals surface area contributed by atoms with E-state index in [1.165, 1.54) is 31.6 Å². The van der Waals surface area contributed by atoms with Crippen LogP contribution in [0.3, 0.4) is 0 Å². The lowest BCUT2D eigenvalue weighted by Crippen LogP contribution is -2.50. The van der Waals surface area contributed by atoms with Gasteiger partial charge in [-0.15, -0.1) is 0 Å². The molecule has 6 rings (SSSR count). The molecule has 0 aromatic carbocycles. The number of carbonyl (C=O) groups is 2. The number of allylic oxidation sites excluding steroid dienone is 1. The Morgan fingerprint density at radius 1 is 1.14 bits per heavy atom. The summed E-state index contributed by atoms with van der Waals surface area (Å²) in [5.41, 5.74) is 2.77. The molecule has 0 N–H and O–H groups in total. The molecule has 0 radical (unpaired) electrons. The van der Waals surface area contributed by atoms with Crippen molar-refractivity contribution in [3.05, 3.63) is 39.3 Å². The quantitative estimate of drug-likeness (QED) is 0.438. The second-order valence-electron chi connectivity index (χ2n) is 11.0. The van der Waals surface area contributed by atoms with Crippen LogP contribution < -0.4 is 10.3 Å². The molecule has 2 aliphatic heterocycles. The molecule has 1 aromatic rings. The SMILES string of the molecule is COC(=O)c1c(OCCN2CCCC2=O)cc(=O)n2c1CCN(CC1=CC[C@H]3C[C@@H]1C3(C)C)CC2. The zero-order valence-corrected chi connectivity index (χ0v) is 21.2. The summed E-state index contributed by atoms with van der Waals surface area (Å²) in [6.45, 7) is 9.16. The van der Waals surface area contributed by atoms with Crippen molar-refractivity contribution in [3.63, 3.8) is 0 Å². The average Bonchev–Trinajstić information content (AvgIpc) is 3.13. The Hall–Kier alpha value is -2.61. The third-order valence-electron chi connectivity index (χ3n) is 8.85. The van der Waals surface area contributed by atoms with E-state index in [0.29, 0.717) is 48.5 Å². The number of hydrogen-bond donors (Lipinski definition) is 0. The van der Waals surface area contributed by atoms with Gasteiger partial charge in [0.2, 0.25) is 5.91 Å². The predicted molar refractivity (Wildman–Crippen MR) is 132 cm³/mol. The number of nitrogens with zero attached hydrogens (tertiary/aromatic N) is 3. The highest BCUT2D eigenvalue weighted by molar-refractivity contribution is 5.93. The van der Waals surface area contributed by atoms with Gasteiger partial charge in [-0.05, 0) is 36.5 Å². The third kappa shape index (κ3) is 4.41. The minimum atomic E-state index is -0.494. The van der Waals surface area contributed by atoms with E-state index in [1.807, 2.05) is 0 Å². The number of aromatic nitrogens is 1. The van der Waals surface area contributed by atoms with Crippen LogP contribution in [0.25, 0.3) is 0 Å². The molecule has 8 nitrogen and oxygen atoms in total. The average molecular weight is 484 g/mol. The van der Waals surface area contributed by atoms with Crippen molar-refractivity contribution in [2.45, 2.75) is 52.5 Å². The summed E-state index contributed by atoms with van der Waals surface area (Å²) in [6.07, 6.45) is 6.90. The number of methoxy groups -OCH3 is 1. The molecule has 1 aromatic heterocycles. The summed E-state index contributed by atoms with van der Waals surface area (Å²) in [5.74, 6) is 1.35. The molecule has 3 aliphatic carbocycles. The summed E-state index contributed by atoms with van der Waals surface area (Å²) in [5, 5.41) is 0. The largest absolute Gasteiger partial charge is 0.491 e. The Balaban J connectivity index is 1.32. The second kappa shape index (κ2) is 9.45. The molecular weight excluding hydrogens is 446 g/mol. The van der Waals surface area contributed by atoms with Crippen molar-refractivity contribution >= 4 is 11.9 Å². The summed E-state index contributed by atoms with van der Waals surface area (Å²) in [4.78, 5) is 41.9. The summed E-state index contributed by atoms with van der Waals surface area (Å²) < 4.78 is 12.7. The number of esters is 1. The molecule has 190 valence electrons. The topological polar surface area (TPSA) is 81.1 Å². The Morgan fingerprint density at radius 3 is 2.66 bits per heavy atom. The highest BCUT2D eigenvalue weighted by Crippen LogP contribution is 2.59. The molecule has 1 saturated carbocycles. The van der Waals surface area contributed by atoms with Crippen molar-refractivity contribution in [2.24, 2.45) is 17.3 Å². The minimum Gasteiger partial charge on any atom is -0.491 e. The fourth-order valence-electron chi connectivity index (χ4n) is 6.51. The summed E-state index contributed by atoms with van der Waals surface area (Å²) in [7, 11) is 1.35. The van der Waals surface area contributed by atoms with Crippen LogP contribution in [0.5, 0.6) is 5.75 Å². The fourth-order valence-corrected chi connectivity index (χ4v) is 6.51. The van der Waals surface area contributed by atoms with E-state index in [2.05, 4.69) is 24.8 Å². The molecule has 1 saturated heterocycles. The first-order valence-corrected chi connectivity index (χ1v) is 13.0. The number of rotatable bonds is 7. The van der Waals surface area contributed by atoms with E-state index in [1.54, 1.807) is 9.47 Å². The van der Waals surface area contributed by atoms with Gasteiger partial charge in [-0.1, -0.05) is 25.5 Å². The number of ether oxygens (including phenoxy) is 2. The van der Waals surface area contributed by atoms with Gasteiger partial charge in [0.05, 0.1) is 13.7 Å². The van der Waals surface area contributed by atoms with Crippen molar-refractivity contribution in [1.82, 2.24) is 14.4 Å². The van der Waals surface area contributed by atoms with Crippen LogP contribution in [0.2, 0.25) is 0 Å². The van der Waals surface area contributed by atoms with E-state index in [-0.39, 0.29) is 23.8 Å². The van der Waals surface area contributed by atoms with E-state index in [9.17, 15) is 14.4 Å². The first-order valence-electron chi connectivity index (χ1n) is 13.0. The van der Waals surface area contributed by atoms with Gasteiger partial charge < -0.3 is 18.9 Å². The molecule has 2 bridgehead atoms. The van der Waals surface area contributed by atoms with Crippen LogP contribution in [0.4, 0.5) is 0 Å². The monoisotopic (exact) mass is 483 g/mol. The maximum absolute atomic E-state index is 13.0. The second-order valence-corrected chi connectivity index (χ2v) is 11.0. The smallest absolute Gasteiger partial charge is 0.343 e. The Bertz CT molecular complexity index is 1100. The van der Waals surface area contributed by atoms with Crippen molar-refractivity contribution < 1.29 is 19.1 Å². The lowest BCUT2D eigenvalue weighted by Gasteiger charge is -2.57. The number of fused-ring (bicyclic) bond motifs is 2.